The van der Waals surface area contributed by atoms with Crippen molar-refractivity contribution < 1.29 is 4.79 Å². The zero-order valence-electron chi connectivity index (χ0n) is 10.8. The third-order valence-electron chi connectivity index (χ3n) is 3.20. The van der Waals surface area contributed by atoms with Crippen LogP contribution in [0.15, 0.2) is 0 Å². The maximum absolute atomic E-state index is 12.1. The maximum atomic E-state index is 12.1. The van der Waals surface area contributed by atoms with Crippen LogP contribution in [0.1, 0.15) is 32.6 Å². The van der Waals surface area contributed by atoms with Gasteiger partial charge in [-0.1, -0.05) is 13.3 Å². The van der Waals surface area contributed by atoms with Gasteiger partial charge in [0.05, 0.1) is 5.54 Å². The van der Waals surface area contributed by atoms with E-state index in [1.807, 2.05) is 14.1 Å². The second-order valence-electron chi connectivity index (χ2n) is 4.92. The largest absolute Gasteiger partial charge is 0.353 e. The number of nitrogens with one attached hydrogen (secondary N) is 2. The highest BCUT2D eigenvalue weighted by Gasteiger charge is 2.39. The minimum Gasteiger partial charge on any atom is -0.353 e. The second kappa shape index (κ2) is 6.21. The molecule has 4 heteroatoms. The van der Waals surface area contributed by atoms with Gasteiger partial charge in [-0.3, -0.25) is 4.79 Å². The fourth-order valence-corrected chi connectivity index (χ4v) is 2.32. The predicted octanol–water partition coefficient (Wildman–Crippen LogP) is 0.587. The molecule has 1 rings (SSSR count). The van der Waals surface area contributed by atoms with Crippen molar-refractivity contribution in [2.24, 2.45) is 0 Å². The lowest BCUT2D eigenvalue weighted by Crippen LogP contribution is -2.54. The van der Waals surface area contributed by atoms with E-state index in [9.17, 15) is 4.79 Å². The van der Waals surface area contributed by atoms with Crippen LogP contribution in [0.4, 0.5) is 0 Å². The molecule has 0 spiro atoms. The van der Waals surface area contributed by atoms with E-state index < -0.39 is 0 Å². The summed E-state index contributed by atoms with van der Waals surface area (Å²) in [4.78, 5) is 14.2. The standard InChI is InChI=1S/C12H25N3O/c1-4-6-12(7-5-8-14-12)11(16)13-9-10-15(2)3/h14H,4-10H2,1-3H3,(H,13,16). The summed E-state index contributed by atoms with van der Waals surface area (Å²) in [6.45, 7) is 4.74. The minimum absolute atomic E-state index is 0.189. The Morgan fingerprint density at radius 1 is 1.50 bits per heavy atom. The van der Waals surface area contributed by atoms with Crippen molar-refractivity contribution >= 4 is 5.91 Å². The van der Waals surface area contributed by atoms with Gasteiger partial charge in [0.2, 0.25) is 5.91 Å². The first-order valence-corrected chi connectivity index (χ1v) is 6.29. The van der Waals surface area contributed by atoms with Gasteiger partial charge in [-0.05, 0) is 39.9 Å². The molecule has 1 aliphatic heterocycles. The van der Waals surface area contributed by atoms with Crippen LogP contribution in [-0.2, 0) is 4.79 Å². The van der Waals surface area contributed by atoms with Gasteiger partial charge in [0.1, 0.15) is 0 Å². The van der Waals surface area contributed by atoms with Crippen LogP contribution >= 0.6 is 0 Å². The smallest absolute Gasteiger partial charge is 0.240 e. The molecule has 0 bridgehead atoms. The van der Waals surface area contributed by atoms with Crippen molar-refractivity contribution in [3.05, 3.63) is 0 Å². The molecular formula is C12H25N3O. The molecule has 16 heavy (non-hydrogen) atoms. The maximum Gasteiger partial charge on any atom is 0.240 e. The van der Waals surface area contributed by atoms with Crippen LogP contribution in [0.2, 0.25) is 0 Å². The molecule has 1 heterocycles. The molecular weight excluding hydrogens is 202 g/mol. The molecule has 1 fully saturated rings. The fourth-order valence-electron chi connectivity index (χ4n) is 2.32. The van der Waals surface area contributed by atoms with E-state index in [0.29, 0.717) is 0 Å². The van der Waals surface area contributed by atoms with Crippen molar-refractivity contribution in [1.29, 1.82) is 0 Å². The summed E-state index contributed by atoms with van der Waals surface area (Å²) in [7, 11) is 4.03. The minimum atomic E-state index is -0.277. The molecule has 2 N–H and O–H groups in total. The zero-order valence-corrected chi connectivity index (χ0v) is 10.8. The van der Waals surface area contributed by atoms with Crippen LogP contribution in [0.5, 0.6) is 0 Å². The predicted molar refractivity (Wildman–Crippen MR) is 66.4 cm³/mol. The highest BCUT2D eigenvalue weighted by Crippen LogP contribution is 2.24. The number of carbonyl (C=O) groups excluding carboxylic acids is 1. The van der Waals surface area contributed by atoms with Gasteiger partial charge in [0.15, 0.2) is 0 Å². The number of rotatable bonds is 6. The molecule has 94 valence electrons. The van der Waals surface area contributed by atoms with Gasteiger partial charge in [-0.25, -0.2) is 0 Å². The summed E-state index contributed by atoms with van der Waals surface area (Å²) in [6, 6.07) is 0. The third-order valence-corrected chi connectivity index (χ3v) is 3.20. The Kier molecular flexibility index (Phi) is 5.22. The highest BCUT2D eigenvalue weighted by molar-refractivity contribution is 5.86. The number of carbonyl (C=O) groups is 1. The Hall–Kier alpha value is -0.610. The van der Waals surface area contributed by atoms with Crippen LogP contribution in [0.3, 0.4) is 0 Å². The molecule has 0 aromatic heterocycles. The van der Waals surface area contributed by atoms with Crippen LogP contribution in [0.25, 0.3) is 0 Å². The topological polar surface area (TPSA) is 44.4 Å². The zero-order chi connectivity index (χ0) is 12.0. The average molecular weight is 227 g/mol. The van der Waals surface area contributed by atoms with E-state index in [-0.39, 0.29) is 11.4 Å². The first-order chi connectivity index (χ1) is 7.60. The van der Waals surface area contributed by atoms with Crippen LogP contribution in [0, 0.1) is 0 Å². The number of likely N-dealkylation sites (N-methyl/N-ethyl adjacent to an activating group) is 1. The van der Waals surface area contributed by atoms with E-state index in [0.717, 1.165) is 45.3 Å². The Morgan fingerprint density at radius 3 is 2.75 bits per heavy atom. The fraction of sp³-hybridized carbons (Fsp3) is 0.917. The van der Waals surface area contributed by atoms with Crippen LogP contribution in [-0.4, -0.2) is 50.1 Å². The van der Waals surface area contributed by atoms with Crippen molar-refractivity contribution in [3.63, 3.8) is 0 Å². The molecule has 4 nitrogen and oxygen atoms in total. The number of amides is 1. The Bertz CT molecular complexity index is 222. The molecule has 0 radical (unpaired) electrons. The van der Waals surface area contributed by atoms with Crippen molar-refractivity contribution in [1.82, 2.24) is 15.5 Å². The quantitative estimate of drug-likeness (QED) is 0.698. The SMILES string of the molecule is CCCC1(C(=O)NCCN(C)C)CCCN1. The van der Waals surface area contributed by atoms with Gasteiger partial charge in [-0.15, -0.1) is 0 Å². The van der Waals surface area contributed by atoms with Crippen LogP contribution < -0.4 is 10.6 Å². The van der Waals surface area contributed by atoms with E-state index in [2.05, 4.69) is 22.5 Å². The second-order valence-corrected chi connectivity index (χ2v) is 4.92. The van der Waals surface area contributed by atoms with E-state index in [1.165, 1.54) is 0 Å². The monoisotopic (exact) mass is 227 g/mol. The highest BCUT2D eigenvalue weighted by atomic mass is 16.2. The molecule has 1 amide bonds. The Labute approximate surface area is 98.8 Å². The molecule has 1 aliphatic rings. The first-order valence-electron chi connectivity index (χ1n) is 6.29. The molecule has 0 aromatic rings. The molecule has 0 saturated carbocycles. The Balaban J connectivity index is 2.42. The molecule has 1 saturated heterocycles. The van der Waals surface area contributed by atoms with Crippen molar-refractivity contribution in [2.45, 2.75) is 38.1 Å². The summed E-state index contributed by atoms with van der Waals surface area (Å²) in [5.74, 6) is 0.189. The van der Waals surface area contributed by atoms with E-state index >= 15 is 0 Å². The van der Waals surface area contributed by atoms with Gasteiger partial charge < -0.3 is 15.5 Å². The molecule has 0 aliphatic carbocycles. The lowest BCUT2D eigenvalue weighted by atomic mass is 9.91. The first kappa shape index (κ1) is 13.5. The normalized spacial score (nSPS) is 25.0. The summed E-state index contributed by atoms with van der Waals surface area (Å²) in [5, 5.41) is 6.42. The van der Waals surface area contributed by atoms with Crippen molar-refractivity contribution in [2.75, 3.05) is 33.7 Å². The third kappa shape index (κ3) is 3.46. The molecule has 0 aromatic carbocycles. The summed E-state index contributed by atoms with van der Waals surface area (Å²) in [6.07, 6.45) is 4.09. The number of hydrogen-bond acceptors (Lipinski definition) is 3. The van der Waals surface area contributed by atoms with Gasteiger partial charge >= 0.3 is 0 Å². The Morgan fingerprint density at radius 2 is 2.25 bits per heavy atom. The van der Waals surface area contributed by atoms with E-state index in [4.69, 9.17) is 0 Å². The van der Waals surface area contributed by atoms with Gasteiger partial charge in [0, 0.05) is 13.1 Å². The summed E-state index contributed by atoms with van der Waals surface area (Å²) < 4.78 is 0. The lowest BCUT2D eigenvalue weighted by molar-refractivity contribution is -0.127. The number of hydrogen-bond donors (Lipinski definition) is 2. The van der Waals surface area contributed by atoms with Gasteiger partial charge in [-0.2, -0.15) is 0 Å². The van der Waals surface area contributed by atoms with E-state index in [1.54, 1.807) is 0 Å². The average Bonchev–Trinajstić information content (AvgIpc) is 2.67. The van der Waals surface area contributed by atoms with Crippen molar-refractivity contribution in [3.8, 4) is 0 Å². The van der Waals surface area contributed by atoms with Gasteiger partial charge in [0.25, 0.3) is 0 Å². The summed E-state index contributed by atoms with van der Waals surface area (Å²) in [5.41, 5.74) is -0.277. The molecule has 1 unspecified atom stereocenters. The molecule has 1 atom stereocenters. The lowest BCUT2D eigenvalue weighted by Gasteiger charge is -2.28. The number of nitrogens with zero attached hydrogens (tertiary/aromatic N) is 1. The summed E-state index contributed by atoms with van der Waals surface area (Å²) >= 11 is 0.